The van der Waals surface area contributed by atoms with Crippen LogP contribution in [0.15, 0.2) is 30.9 Å². The molecular weight excluding hydrogens is 291 g/mol. The zero-order valence-electron chi connectivity index (χ0n) is 12.2. The Bertz CT molecular complexity index is 581. The third-order valence-electron chi connectivity index (χ3n) is 4.03. The molecule has 1 aliphatic rings. The van der Waals surface area contributed by atoms with Gasteiger partial charge < -0.3 is 4.74 Å². The van der Waals surface area contributed by atoms with Crippen LogP contribution in [0, 0.1) is 11.3 Å². The Balaban J connectivity index is 2.32. The lowest BCUT2D eigenvalue weighted by Crippen LogP contribution is -2.37. The lowest BCUT2D eigenvalue weighted by atomic mass is 9.82. The fourth-order valence-corrected chi connectivity index (χ4v) is 2.98. The largest absolute Gasteiger partial charge is 0.487 e. The minimum Gasteiger partial charge on any atom is -0.487 e. The van der Waals surface area contributed by atoms with Crippen molar-refractivity contribution in [1.82, 2.24) is 0 Å². The number of halogens is 3. The average Bonchev–Trinajstić information content (AvgIpc) is 2.47. The Morgan fingerprint density at radius 3 is 2.50 bits per heavy atom. The summed E-state index contributed by atoms with van der Waals surface area (Å²) in [6, 6.07) is 5.11. The van der Waals surface area contributed by atoms with Gasteiger partial charge in [-0.3, -0.25) is 0 Å². The highest BCUT2D eigenvalue weighted by Crippen LogP contribution is 2.39. The molecule has 2 nitrogen and oxygen atoms in total. The molecule has 2 rings (SSSR count). The van der Waals surface area contributed by atoms with Crippen molar-refractivity contribution in [3.63, 3.8) is 0 Å². The third-order valence-corrected chi connectivity index (χ3v) is 4.03. The number of hydrogen-bond acceptors (Lipinski definition) is 2. The van der Waals surface area contributed by atoms with Crippen molar-refractivity contribution in [3.05, 3.63) is 42.0 Å². The molecule has 118 valence electrons. The first-order chi connectivity index (χ1) is 10.4. The predicted molar refractivity (Wildman–Crippen MR) is 77.4 cm³/mol. The van der Waals surface area contributed by atoms with E-state index in [4.69, 9.17) is 10.00 Å². The second kappa shape index (κ2) is 6.43. The van der Waals surface area contributed by atoms with Gasteiger partial charge in [-0.2, -0.15) is 18.4 Å². The summed E-state index contributed by atoms with van der Waals surface area (Å²) >= 11 is 0. The zero-order valence-corrected chi connectivity index (χ0v) is 12.2. The maximum absolute atomic E-state index is 13.0. The first-order valence-electron chi connectivity index (χ1n) is 7.31. The predicted octanol–water partition coefficient (Wildman–Crippen LogP) is 5.23. The molecule has 0 spiro atoms. The molecule has 0 heterocycles. The van der Waals surface area contributed by atoms with E-state index in [1.165, 1.54) is 12.1 Å². The summed E-state index contributed by atoms with van der Waals surface area (Å²) in [7, 11) is 0. The molecule has 0 bridgehead atoms. The number of hydrogen-bond donors (Lipinski definition) is 0. The second-order valence-electron chi connectivity index (χ2n) is 5.66. The molecule has 5 heteroatoms. The number of ether oxygens (including phenoxy) is 1. The standard InChI is InChI=1S/C17H18F3NO/c1-2-8-16(9-4-3-5-10-16)22-14-7-6-13(12-21)15(11-14)17(18,19)20/h2,6-7,11H,1,3-5,8-10H2. The van der Waals surface area contributed by atoms with Crippen LogP contribution in [0.5, 0.6) is 5.75 Å². The fraction of sp³-hybridized carbons (Fsp3) is 0.471. The van der Waals surface area contributed by atoms with E-state index in [0.29, 0.717) is 6.42 Å². The monoisotopic (exact) mass is 309 g/mol. The van der Waals surface area contributed by atoms with Crippen LogP contribution < -0.4 is 4.74 Å². The third kappa shape index (κ3) is 3.62. The van der Waals surface area contributed by atoms with E-state index in [1.807, 2.05) is 0 Å². The van der Waals surface area contributed by atoms with Gasteiger partial charge in [-0.15, -0.1) is 6.58 Å². The van der Waals surface area contributed by atoms with Crippen LogP contribution in [0.25, 0.3) is 0 Å². The van der Waals surface area contributed by atoms with E-state index in [0.717, 1.165) is 38.2 Å². The number of alkyl halides is 3. The average molecular weight is 309 g/mol. The molecule has 1 fully saturated rings. The Morgan fingerprint density at radius 1 is 1.27 bits per heavy atom. The molecule has 0 aliphatic heterocycles. The van der Waals surface area contributed by atoms with Gasteiger partial charge >= 0.3 is 6.18 Å². The van der Waals surface area contributed by atoms with Gasteiger partial charge in [-0.05, 0) is 43.9 Å². The Morgan fingerprint density at radius 2 is 1.95 bits per heavy atom. The molecule has 0 N–H and O–H groups in total. The summed E-state index contributed by atoms with van der Waals surface area (Å²) in [6.07, 6.45) is 2.51. The molecule has 1 aliphatic carbocycles. The van der Waals surface area contributed by atoms with Crippen molar-refractivity contribution < 1.29 is 17.9 Å². The second-order valence-corrected chi connectivity index (χ2v) is 5.66. The SMILES string of the molecule is C=CCC1(Oc2ccc(C#N)c(C(F)(F)F)c2)CCCCC1. The molecule has 0 amide bonds. The van der Waals surface area contributed by atoms with Crippen LogP contribution in [-0.4, -0.2) is 5.60 Å². The molecule has 0 unspecified atom stereocenters. The van der Waals surface area contributed by atoms with Gasteiger partial charge in [0, 0.05) is 6.42 Å². The van der Waals surface area contributed by atoms with E-state index in [-0.39, 0.29) is 11.3 Å². The summed E-state index contributed by atoms with van der Waals surface area (Å²) in [6.45, 7) is 3.72. The van der Waals surface area contributed by atoms with Crippen LogP contribution in [0.4, 0.5) is 13.2 Å². The molecule has 1 aromatic rings. The minimum atomic E-state index is -4.57. The number of nitriles is 1. The molecule has 22 heavy (non-hydrogen) atoms. The molecule has 0 atom stereocenters. The van der Waals surface area contributed by atoms with E-state index in [9.17, 15) is 13.2 Å². The summed E-state index contributed by atoms with van der Waals surface area (Å²) < 4.78 is 45.0. The van der Waals surface area contributed by atoms with Gasteiger partial charge in [-0.1, -0.05) is 12.5 Å². The van der Waals surface area contributed by atoms with Gasteiger partial charge in [0.25, 0.3) is 0 Å². The summed E-state index contributed by atoms with van der Waals surface area (Å²) in [5.41, 5.74) is -1.81. The molecule has 1 saturated carbocycles. The smallest absolute Gasteiger partial charge is 0.417 e. The van der Waals surface area contributed by atoms with Crippen molar-refractivity contribution in [2.75, 3.05) is 0 Å². The summed E-state index contributed by atoms with van der Waals surface area (Å²) in [4.78, 5) is 0. The normalized spacial score (nSPS) is 17.5. The highest BCUT2D eigenvalue weighted by molar-refractivity contribution is 5.44. The van der Waals surface area contributed by atoms with Gasteiger partial charge in [0.15, 0.2) is 0 Å². The molecular formula is C17H18F3NO. The Kier molecular flexibility index (Phi) is 4.80. The Hall–Kier alpha value is -1.96. The highest BCUT2D eigenvalue weighted by atomic mass is 19.4. The molecule has 0 radical (unpaired) electrons. The zero-order chi connectivity index (χ0) is 16.2. The lowest BCUT2D eigenvalue weighted by molar-refractivity contribution is -0.138. The van der Waals surface area contributed by atoms with Gasteiger partial charge in [0.2, 0.25) is 0 Å². The van der Waals surface area contributed by atoms with Gasteiger partial charge in [-0.25, -0.2) is 0 Å². The first kappa shape index (κ1) is 16.4. The molecule has 0 aromatic heterocycles. The van der Waals surface area contributed by atoms with Crippen LogP contribution in [0.2, 0.25) is 0 Å². The minimum absolute atomic E-state index is 0.162. The van der Waals surface area contributed by atoms with Crippen LogP contribution in [0.1, 0.15) is 49.7 Å². The maximum atomic E-state index is 13.0. The van der Waals surface area contributed by atoms with Crippen molar-refractivity contribution in [2.45, 2.75) is 50.3 Å². The molecule has 1 aromatic carbocycles. The maximum Gasteiger partial charge on any atom is 0.417 e. The number of benzene rings is 1. The van der Waals surface area contributed by atoms with Crippen LogP contribution in [-0.2, 0) is 6.18 Å². The summed E-state index contributed by atoms with van der Waals surface area (Å²) in [5, 5.41) is 8.82. The number of nitrogens with zero attached hydrogens (tertiary/aromatic N) is 1. The van der Waals surface area contributed by atoms with Crippen molar-refractivity contribution in [3.8, 4) is 11.8 Å². The lowest BCUT2D eigenvalue weighted by Gasteiger charge is -2.37. The van der Waals surface area contributed by atoms with Crippen molar-refractivity contribution in [2.24, 2.45) is 0 Å². The molecule has 0 saturated heterocycles. The van der Waals surface area contributed by atoms with Crippen molar-refractivity contribution >= 4 is 0 Å². The van der Waals surface area contributed by atoms with Crippen molar-refractivity contribution in [1.29, 1.82) is 5.26 Å². The topological polar surface area (TPSA) is 33.0 Å². The fourth-order valence-electron chi connectivity index (χ4n) is 2.98. The van der Waals surface area contributed by atoms with Crippen LogP contribution >= 0.6 is 0 Å². The van der Waals surface area contributed by atoms with E-state index >= 15 is 0 Å². The summed E-state index contributed by atoms with van der Waals surface area (Å²) in [5.74, 6) is 0.162. The quantitative estimate of drug-likeness (QED) is 0.713. The van der Waals surface area contributed by atoms with Gasteiger partial charge in [0.05, 0.1) is 17.2 Å². The first-order valence-corrected chi connectivity index (χ1v) is 7.31. The van der Waals surface area contributed by atoms with E-state index in [2.05, 4.69) is 6.58 Å². The Labute approximate surface area is 128 Å². The number of rotatable bonds is 4. The highest BCUT2D eigenvalue weighted by Gasteiger charge is 2.36. The van der Waals surface area contributed by atoms with E-state index in [1.54, 1.807) is 12.1 Å². The van der Waals surface area contributed by atoms with Gasteiger partial charge in [0.1, 0.15) is 11.4 Å². The van der Waals surface area contributed by atoms with Crippen LogP contribution in [0.3, 0.4) is 0 Å². The van der Waals surface area contributed by atoms with E-state index < -0.39 is 17.3 Å².